The molecule has 1 saturated heterocycles. The van der Waals surface area contributed by atoms with Gasteiger partial charge in [0.1, 0.15) is 0 Å². The van der Waals surface area contributed by atoms with Crippen LogP contribution in [0.3, 0.4) is 0 Å². The van der Waals surface area contributed by atoms with E-state index in [1.54, 1.807) is 11.9 Å². The highest BCUT2D eigenvalue weighted by atomic mass is 16.2. The first-order chi connectivity index (χ1) is 8.63. The Morgan fingerprint density at radius 1 is 1.28 bits per heavy atom. The molecule has 18 heavy (non-hydrogen) atoms. The Kier molecular flexibility index (Phi) is 6.67. The van der Waals surface area contributed by atoms with Crippen LogP contribution in [0, 0.1) is 0 Å². The second kappa shape index (κ2) is 8.05. The maximum Gasteiger partial charge on any atom is 0.236 e. The van der Waals surface area contributed by atoms with Crippen LogP contribution in [0.1, 0.15) is 13.3 Å². The van der Waals surface area contributed by atoms with E-state index < -0.39 is 0 Å². The van der Waals surface area contributed by atoms with E-state index in [2.05, 4.69) is 10.6 Å². The number of hydrogen-bond acceptors (Lipinski definition) is 4. The molecule has 1 aliphatic heterocycles. The third-order valence-corrected chi connectivity index (χ3v) is 2.89. The molecule has 1 heterocycles. The monoisotopic (exact) mass is 256 g/mol. The normalized spacial score (nSPS) is 16.5. The van der Waals surface area contributed by atoms with Crippen molar-refractivity contribution in [1.82, 2.24) is 20.4 Å². The van der Waals surface area contributed by atoms with E-state index in [-0.39, 0.29) is 18.4 Å². The Morgan fingerprint density at radius 2 is 2.06 bits per heavy atom. The lowest BCUT2D eigenvalue weighted by atomic mass is 10.3. The molecular weight excluding hydrogens is 232 g/mol. The summed E-state index contributed by atoms with van der Waals surface area (Å²) in [6.07, 6.45) is 0.992. The summed E-state index contributed by atoms with van der Waals surface area (Å²) >= 11 is 0. The Labute approximate surface area is 109 Å². The molecule has 2 N–H and O–H groups in total. The van der Waals surface area contributed by atoms with Crippen molar-refractivity contribution in [1.29, 1.82) is 0 Å². The molecule has 0 aromatic heterocycles. The van der Waals surface area contributed by atoms with Crippen molar-refractivity contribution in [2.45, 2.75) is 13.3 Å². The van der Waals surface area contributed by atoms with Gasteiger partial charge in [-0.2, -0.15) is 0 Å². The second-order valence-electron chi connectivity index (χ2n) is 4.61. The highest BCUT2D eigenvalue weighted by Crippen LogP contribution is 1.97. The van der Waals surface area contributed by atoms with Crippen molar-refractivity contribution < 1.29 is 9.59 Å². The first-order valence-corrected chi connectivity index (χ1v) is 6.57. The van der Waals surface area contributed by atoms with Gasteiger partial charge in [-0.05, 0) is 26.9 Å². The standard InChI is InChI=1S/C12H24N4O2/c1-3-14-11(17)9-15(2)10-12(18)16-7-4-5-13-6-8-16/h13H,3-10H2,1-2H3,(H,14,17). The summed E-state index contributed by atoms with van der Waals surface area (Å²) in [5.41, 5.74) is 0. The molecule has 0 bridgehead atoms. The van der Waals surface area contributed by atoms with Crippen molar-refractivity contribution in [3.63, 3.8) is 0 Å². The van der Waals surface area contributed by atoms with E-state index >= 15 is 0 Å². The number of hydrogen-bond donors (Lipinski definition) is 2. The van der Waals surface area contributed by atoms with Crippen molar-refractivity contribution in [2.24, 2.45) is 0 Å². The van der Waals surface area contributed by atoms with Gasteiger partial charge in [-0.1, -0.05) is 0 Å². The molecule has 6 nitrogen and oxygen atoms in total. The van der Waals surface area contributed by atoms with Crippen LogP contribution in [-0.2, 0) is 9.59 Å². The van der Waals surface area contributed by atoms with Gasteiger partial charge in [-0.3, -0.25) is 14.5 Å². The minimum atomic E-state index is -0.0367. The third-order valence-electron chi connectivity index (χ3n) is 2.89. The summed E-state index contributed by atoms with van der Waals surface area (Å²) in [6.45, 7) is 6.47. The summed E-state index contributed by atoms with van der Waals surface area (Å²) in [6, 6.07) is 0. The van der Waals surface area contributed by atoms with Crippen molar-refractivity contribution in [3.05, 3.63) is 0 Å². The number of nitrogens with one attached hydrogen (secondary N) is 2. The van der Waals surface area contributed by atoms with Crippen molar-refractivity contribution in [3.8, 4) is 0 Å². The number of likely N-dealkylation sites (N-methyl/N-ethyl adjacent to an activating group) is 2. The summed E-state index contributed by atoms with van der Waals surface area (Å²) in [5.74, 6) is 0.0656. The van der Waals surface area contributed by atoms with Gasteiger partial charge in [0.05, 0.1) is 13.1 Å². The zero-order valence-corrected chi connectivity index (χ0v) is 11.4. The average molecular weight is 256 g/mol. The number of carbonyl (C=O) groups is 2. The number of rotatable bonds is 5. The first kappa shape index (κ1) is 14.9. The topological polar surface area (TPSA) is 64.7 Å². The van der Waals surface area contributed by atoms with Crippen molar-refractivity contribution >= 4 is 11.8 Å². The summed E-state index contributed by atoms with van der Waals surface area (Å²) < 4.78 is 0. The zero-order valence-electron chi connectivity index (χ0n) is 11.4. The molecule has 104 valence electrons. The van der Waals surface area contributed by atoms with Gasteiger partial charge >= 0.3 is 0 Å². The lowest BCUT2D eigenvalue weighted by molar-refractivity contribution is -0.132. The molecular formula is C12H24N4O2. The predicted octanol–water partition coefficient (Wildman–Crippen LogP) is -1.12. The Balaban J connectivity index is 2.31. The van der Waals surface area contributed by atoms with Gasteiger partial charge in [0, 0.05) is 26.2 Å². The summed E-state index contributed by atoms with van der Waals surface area (Å²) in [4.78, 5) is 27.0. The molecule has 6 heteroatoms. The highest BCUT2D eigenvalue weighted by Gasteiger charge is 2.17. The maximum absolute atomic E-state index is 12.0. The molecule has 1 fully saturated rings. The van der Waals surface area contributed by atoms with Crippen LogP contribution in [0.4, 0.5) is 0 Å². The van der Waals surface area contributed by atoms with E-state index in [0.29, 0.717) is 13.1 Å². The van der Waals surface area contributed by atoms with E-state index in [4.69, 9.17) is 0 Å². The van der Waals surface area contributed by atoms with Crippen molar-refractivity contribution in [2.75, 3.05) is 52.9 Å². The van der Waals surface area contributed by atoms with Crippen LogP contribution in [-0.4, -0.2) is 74.5 Å². The van der Waals surface area contributed by atoms with Crippen LogP contribution in [0.25, 0.3) is 0 Å². The SMILES string of the molecule is CCNC(=O)CN(C)CC(=O)N1CCCNCC1. The number of carbonyl (C=O) groups excluding carboxylic acids is 2. The smallest absolute Gasteiger partial charge is 0.236 e. The fourth-order valence-corrected chi connectivity index (χ4v) is 1.98. The quantitative estimate of drug-likeness (QED) is 0.654. The first-order valence-electron chi connectivity index (χ1n) is 6.57. The lowest BCUT2D eigenvalue weighted by Crippen LogP contribution is -2.43. The predicted molar refractivity (Wildman–Crippen MR) is 70.2 cm³/mol. The molecule has 0 unspecified atom stereocenters. The largest absolute Gasteiger partial charge is 0.355 e. The molecule has 1 aliphatic rings. The third kappa shape index (κ3) is 5.46. The van der Waals surface area contributed by atoms with Crippen LogP contribution in [0.15, 0.2) is 0 Å². The minimum absolute atomic E-state index is 0.0367. The molecule has 0 aromatic rings. The summed E-state index contributed by atoms with van der Waals surface area (Å²) in [5, 5.41) is 5.99. The Bertz CT molecular complexity index is 275. The molecule has 0 radical (unpaired) electrons. The van der Waals surface area contributed by atoms with E-state index in [0.717, 1.165) is 32.6 Å². The number of nitrogens with zero attached hydrogens (tertiary/aromatic N) is 2. The zero-order chi connectivity index (χ0) is 13.4. The van der Waals surface area contributed by atoms with Gasteiger partial charge in [0.2, 0.25) is 11.8 Å². The Morgan fingerprint density at radius 3 is 2.78 bits per heavy atom. The van der Waals surface area contributed by atoms with Gasteiger partial charge < -0.3 is 15.5 Å². The summed E-state index contributed by atoms with van der Waals surface area (Å²) in [7, 11) is 1.79. The average Bonchev–Trinajstić information content (AvgIpc) is 2.57. The minimum Gasteiger partial charge on any atom is -0.355 e. The van der Waals surface area contributed by atoms with Crippen LogP contribution in [0.5, 0.6) is 0 Å². The molecule has 0 aromatic carbocycles. The van der Waals surface area contributed by atoms with E-state index in [1.165, 1.54) is 0 Å². The maximum atomic E-state index is 12.0. The number of amides is 2. The molecule has 0 spiro atoms. The highest BCUT2D eigenvalue weighted by molar-refractivity contribution is 5.81. The molecule has 0 saturated carbocycles. The Hall–Kier alpha value is -1.14. The molecule has 0 atom stereocenters. The van der Waals surface area contributed by atoms with Crippen LogP contribution >= 0.6 is 0 Å². The van der Waals surface area contributed by atoms with Crippen LogP contribution < -0.4 is 10.6 Å². The lowest BCUT2D eigenvalue weighted by Gasteiger charge is -2.23. The van der Waals surface area contributed by atoms with Gasteiger partial charge in [0.25, 0.3) is 0 Å². The fourth-order valence-electron chi connectivity index (χ4n) is 1.98. The van der Waals surface area contributed by atoms with Gasteiger partial charge in [-0.25, -0.2) is 0 Å². The van der Waals surface area contributed by atoms with Gasteiger partial charge in [0.15, 0.2) is 0 Å². The van der Waals surface area contributed by atoms with E-state index in [1.807, 2.05) is 11.8 Å². The molecule has 2 amide bonds. The fraction of sp³-hybridized carbons (Fsp3) is 0.833. The van der Waals surface area contributed by atoms with E-state index in [9.17, 15) is 9.59 Å². The van der Waals surface area contributed by atoms with Crippen LogP contribution in [0.2, 0.25) is 0 Å². The molecule has 0 aliphatic carbocycles. The molecule has 1 rings (SSSR count). The second-order valence-corrected chi connectivity index (χ2v) is 4.61. The van der Waals surface area contributed by atoms with Gasteiger partial charge in [-0.15, -0.1) is 0 Å².